The van der Waals surface area contributed by atoms with E-state index in [-0.39, 0.29) is 52.4 Å². The van der Waals surface area contributed by atoms with Gasteiger partial charge in [-0.05, 0) is 43.0 Å². The van der Waals surface area contributed by atoms with Crippen LogP contribution in [0.1, 0.15) is 41.2 Å². The molecule has 1 amide bonds. The number of hydrogen-bond acceptors (Lipinski definition) is 7. The summed E-state index contributed by atoms with van der Waals surface area (Å²) in [6.07, 6.45) is -0.296. The van der Waals surface area contributed by atoms with E-state index in [9.17, 15) is 52.6 Å². The van der Waals surface area contributed by atoms with Crippen molar-refractivity contribution in [3.63, 3.8) is 0 Å². The van der Waals surface area contributed by atoms with Crippen molar-refractivity contribution < 1.29 is 56.9 Å². The average molecular weight is 718 g/mol. The Morgan fingerprint density at radius 2 is 1.74 bits per heavy atom. The van der Waals surface area contributed by atoms with Crippen molar-refractivity contribution in [2.45, 2.75) is 49.3 Å². The Balaban J connectivity index is 1.20. The van der Waals surface area contributed by atoms with E-state index in [2.05, 4.69) is 5.32 Å². The molecule has 0 bridgehead atoms. The van der Waals surface area contributed by atoms with Gasteiger partial charge in [0.2, 0.25) is 5.43 Å². The van der Waals surface area contributed by atoms with E-state index < -0.39 is 79.6 Å². The molecule has 2 aliphatic carbocycles. The fourth-order valence-electron chi connectivity index (χ4n) is 6.20. The SMILES string of the molecule is O=C(N[C@@H]1CN(c2c(F)cc3c(=O)c(C(=O)O)cn(C4C[C@@H]4F)c3c2Cl)CC12CC2)Oc1ccc(CC(P(=O)(O)O)P(=O)(O)O)cc1. The molecule has 19 heteroatoms. The third kappa shape index (κ3) is 6.43. The van der Waals surface area contributed by atoms with Crippen LogP contribution in [0.15, 0.2) is 41.3 Å². The zero-order chi connectivity index (χ0) is 34.2. The number of carbonyl (C=O) groups excluding carboxylic acids is 1. The van der Waals surface area contributed by atoms with E-state index in [4.69, 9.17) is 16.3 Å². The van der Waals surface area contributed by atoms with Gasteiger partial charge in [-0.1, -0.05) is 23.7 Å². The second-order valence-electron chi connectivity index (χ2n) is 12.2. The Bertz CT molecular complexity index is 1940. The van der Waals surface area contributed by atoms with Crippen molar-refractivity contribution in [1.82, 2.24) is 9.88 Å². The summed E-state index contributed by atoms with van der Waals surface area (Å²) < 4.78 is 59.6. The largest absolute Gasteiger partial charge is 0.477 e. The lowest BCUT2D eigenvalue weighted by molar-refractivity contribution is 0.0694. The molecular weight excluding hydrogens is 690 g/mol. The highest BCUT2D eigenvalue weighted by atomic mass is 35.5. The number of alkyl halides is 1. The van der Waals surface area contributed by atoms with E-state index in [1.54, 1.807) is 4.90 Å². The van der Waals surface area contributed by atoms with Crippen LogP contribution in [0.4, 0.5) is 19.3 Å². The number of pyridine rings is 1. The lowest BCUT2D eigenvalue weighted by atomic mass is 10.0. The number of benzene rings is 2. The summed E-state index contributed by atoms with van der Waals surface area (Å²) in [4.78, 5) is 76.5. The number of halogens is 3. The van der Waals surface area contributed by atoms with E-state index in [0.717, 1.165) is 12.3 Å². The Morgan fingerprint density at radius 1 is 1.13 bits per heavy atom. The van der Waals surface area contributed by atoms with Crippen LogP contribution in [0.25, 0.3) is 10.9 Å². The van der Waals surface area contributed by atoms with Gasteiger partial charge in [-0.15, -0.1) is 0 Å². The van der Waals surface area contributed by atoms with E-state index in [1.807, 2.05) is 0 Å². The molecule has 6 rings (SSSR count). The van der Waals surface area contributed by atoms with Crippen molar-refractivity contribution >= 4 is 55.4 Å². The van der Waals surface area contributed by atoms with Gasteiger partial charge in [0.05, 0.1) is 33.7 Å². The number of carboxylic acids is 1. The first kappa shape index (κ1) is 33.5. The molecule has 6 N–H and O–H groups in total. The number of carbonyl (C=O) groups is 2. The first-order chi connectivity index (χ1) is 21.9. The van der Waals surface area contributed by atoms with Crippen molar-refractivity contribution in [2.24, 2.45) is 5.41 Å². The van der Waals surface area contributed by atoms with Crippen molar-refractivity contribution in [2.75, 3.05) is 18.0 Å². The van der Waals surface area contributed by atoms with Crippen molar-refractivity contribution in [1.29, 1.82) is 0 Å². The summed E-state index contributed by atoms with van der Waals surface area (Å²) in [6.45, 7) is 0.372. The molecule has 2 aromatic carbocycles. The molecule has 1 aliphatic heterocycles. The minimum absolute atomic E-state index is 0.0141. The van der Waals surface area contributed by atoms with Gasteiger partial charge in [-0.2, -0.15) is 0 Å². The summed E-state index contributed by atoms with van der Waals surface area (Å²) in [5.41, 5.74) is -1.91. The van der Waals surface area contributed by atoms with E-state index in [0.29, 0.717) is 12.8 Å². The molecule has 3 fully saturated rings. The third-order valence-corrected chi connectivity index (χ3v) is 13.0. The van der Waals surface area contributed by atoms with E-state index >= 15 is 4.39 Å². The molecule has 3 aromatic rings. The number of nitrogens with one attached hydrogen (secondary N) is 1. The molecule has 2 heterocycles. The summed E-state index contributed by atoms with van der Waals surface area (Å²) >= 11 is 6.71. The van der Waals surface area contributed by atoms with Gasteiger partial charge in [0.1, 0.15) is 23.3 Å². The maximum Gasteiger partial charge on any atom is 0.412 e. The molecular formula is C28H28ClF2N3O11P2. The summed E-state index contributed by atoms with van der Waals surface area (Å²) in [6, 6.07) is 4.80. The molecule has 3 aliphatic rings. The number of anilines is 1. The fourth-order valence-corrected chi connectivity index (χ4v) is 9.07. The number of aromatic carboxylic acids is 1. The first-order valence-electron chi connectivity index (χ1n) is 14.3. The minimum atomic E-state index is -5.13. The molecule has 1 unspecified atom stereocenters. The van der Waals surface area contributed by atoms with Crippen LogP contribution in [0.2, 0.25) is 5.02 Å². The highest BCUT2D eigenvalue weighted by Gasteiger charge is 2.56. The molecule has 0 radical (unpaired) electrons. The Labute approximate surface area is 269 Å². The molecule has 47 heavy (non-hydrogen) atoms. The smallest absolute Gasteiger partial charge is 0.412 e. The third-order valence-electron chi connectivity index (χ3n) is 8.93. The van der Waals surface area contributed by atoms with Gasteiger partial charge in [-0.25, -0.2) is 18.4 Å². The second kappa shape index (κ2) is 11.7. The van der Waals surface area contributed by atoms with Gasteiger partial charge in [-0.3, -0.25) is 13.9 Å². The number of hydrogen-bond donors (Lipinski definition) is 6. The van der Waals surface area contributed by atoms with Crippen LogP contribution < -0.4 is 20.4 Å². The standard InChI is InChI=1S/C28H28ClF2N3O11P2/c29-22-23-15(25(35)16(26(36)37)10-34(23)19-9-17(19)30)8-18(31)24(22)33-11-20(28(12-33)5-6-28)32-27(38)45-14-3-1-13(2-4-14)7-21(46(39,40)41)47(42,43)44/h1-4,8,10,17,19-21H,5-7,9,11-12H2,(H,32,38)(H,36,37)(H2,39,40,41)(H2,42,43,44)/t17-,19?,20+/m0/s1. The maximum absolute atomic E-state index is 15.7. The number of ether oxygens (including phenoxy) is 1. The molecule has 1 aromatic heterocycles. The normalized spacial score (nSPS) is 21.8. The van der Waals surface area contributed by atoms with Crippen LogP contribution >= 0.6 is 26.8 Å². The summed E-state index contributed by atoms with van der Waals surface area (Å²) in [7, 11) is -10.3. The number of rotatable bonds is 9. The monoisotopic (exact) mass is 717 g/mol. The van der Waals surface area contributed by atoms with Gasteiger partial charge < -0.3 is 44.2 Å². The topological polar surface area (TPSA) is 216 Å². The highest BCUT2D eigenvalue weighted by Crippen LogP contribution is 2.61. The maximum atomic E-state index is 15.7. The molecule has 252 valence electrons. The summed E-state index contributed by atoms with van der Waals surface area (Å²) in [5.74, 6) is -2.40. The molecule has 14 nitrogen and oxygen atoms in total. The Morgan fingerprint density at radius 3 is 2.28 bits per heavy atom. The van der Waals surface area contributed by atoms with Crippen LogP contribution in [-0.4, -0.2) is 72.0 Å². The highest BCUT2D eigenvalue weighted by molar-refractivity contribution is 7.70. The number of amides is 1. The number of fused-ring (bicyclic) bond motifs is 1. The van der Waals surface area contributed by atoms with Crippen LogP contribution in [-0.2, 0) is 15.6 Å². The fraction of sp³-hybridized carbons (Fsp3) is 0.393. The molecule has 1 spiro atoms. The van der Waals surface area contributed by atoms with Gasteiger partial charge in [0.25, 0.3) is 0 Å². The van der Waals surface area contributed by atoms with Crippen LogP contribution in [0.5, 0.6) is 5.75 Å². The Hall–Kier alpha value is -3.36. The zero-order valence-electron chi connectivity index (χ0n) is 24.1. The average Bonchev–Trinajstić information content (AvgIpc) is 3.86. The summed E-state index contributed by atoms with van der Waals surface area (Å²) in [5, 5.41) is 9.57. The molecule has 3 atom stereocenters. The Kier molecular flexibility index (Phi) is 8.32. The molecule has 2 saturated carbocycles. The predicted molar refractivity (Wildman–Crippen MR) is 164 cm³/mol. The van der Waals surface area contributed by atoms with Crippen molar-refractivity contribution in [3.8, 4) is 5.75 Å². The van der Waals surface area contributed by atoms with Gasteiger partial charge >= 0.3 is 27.3 Å². The number of carboxylic acid groups (broad SMARTS) is 1. The van der Waals surface area contributed by atoms with E-state index in [1.165, 1.54) is 28.8 Å². The first-order valence-corrected chi connectivity index (χ1v) is 18.0. The second-order valence-corrected chi connectivity index (χ2v) is 16.5. The zero-order valence-corrected chi connectivity index (χ0v) is 26.7. The number of aromatic nitrogens is 1. The lowest BCUT2D eigenvalue weighted by Gasteiger charge is -2.23. The van der Waals surface area contributed by atoms with Crippen LogP contribution in [0.3, 0.4) is 0 Å². The lowest BCUT2D eigenvalue weighted by Crippen LogP contribution is -2.42. The van der Waals surface area contributed by atoms with Crippen molar-refractivity contribution in [3.05, 3.63) is 68.7 Å². The van der Waals surface area contributed by atoms with Gasteiger partial charge in [0, 0.05) is 31.1 Å². The molecule has 1 saturated heterocycles. The van der Waals surface area contributed by atoms with Gasteiger partial charge in [0.15, 0.2) is 5.40 Å². The predicted octanol–water partition coefficient (Wildman–Crippen LogP) is 3.76. The minimum Gasteiger partial charge on any atom is -0.477 e. The quantitative estimate of drug-likeness (QED) is 0.175. The number of nitrogens with zero attached hydrogens (tertiary/aromatic N) is 2. The van der Waals surface area contributed by atoms with Crippen LogP contribution in [0, 0.1) is 11.2 Å².